The van der Waals surface area contributed by atoms with E-state index in [-0.39, 0.29) is 6.10 Å². The van der Waals surface area contributed by atoms with E-state index in [1.807, 2.05) is 48.7 Å². The molecule has 0 atom stereocenters. The predicted octanol–water partition coefficient (Wildman–Crippen LogP) is 3.71. The van der Waals surface area contributed by atoms with Gasteiger partial charge in [-0.05, 0) is 22.8 Å². The van der Waals surface area contributed by atoms with Gasteiger partial charge < -0.3 is 14.3 Å². The fraction of sp³-hybridized carbons (Fsp3) is 0.333. The summed E-state index contributed by atoms with van der Waals surface area (Å²) in [4.78, 5) is 17.5. The number of nitrogens with zero attached hydrogens (tertiary/aromatic N) is 2. The Morgan fingerprint density at radius 1 is 1.00 bits per heavy atom. The number of rotatable bonds is 7. The molecule has 1 saturated heterocycles. The van der Waals surface area contributed by atoms with E-state index in [2.05, 4.69) is 18.1 Å². The molecule has 0 aliphatic carbocycles. The number of hydrogen-bond acceptors (Lipinski definition) is 4. The number of hydrogen-bond donors (Lipinski definition) is 1. The lowest BCUT2D eigenvalue weighted by molar-refractivity contribution is -0.914. The van der Waals surface area contributed by atoms with Crippen LogP contribution in [0.1, 0.15) is 29.5 Å². The van der Waals surface area contributed by atoms with Crippen molar-refractivity contribution < 1.29 is 19.1 Å². The maximum Gasteiger partial charge on any atom is 0.347 e. The highest BCUT2D eigenvalue weighted by Crippen LogP contribution is 2.32. The number of carbonyl (C=O) groups excluding carboxylic acids is 1. The molecule has 1 fully saturated rings. The molecule has 0 spiro atoms. The number of benzene rings is 2. The summed E-state index contributed by atoms with van der Waals surface area (Å²) in [6, 6.07) is 22.2. The Bertz CT molecular complexity index is 961. The van der Waals surface area contributed by atoms with Gasteiger partial charge in [0.25, 0.3) is 0 Å². The molecule has 1 aromatic heterocycles. The standard InChI is InChI=1S/C27H31N2O3/c1-29(18-14-22-9-8-17-28-21-22)19-15-25(16-20-29)32-26(30)27(31,23-10-4-2-5-11-23)24-12-6-3-7-13-24/h2-13,17,21,25,31H,14-16,18-20H2,1H3/q+1. The Kier molecular flexibility index (Phi) is 6.68. The zero-order chi connectivity index (χ0) is 22.4. The molecule has 2 heterocycles. The zero-order valence-electron chi connectivity index (χ0n) is 18.6. The molecular formula is C27H31N2O3+. The maximum absolute atomic E-state index is 13.3. The van der Waals surface area contributed by atoms with Gasteiger partial charge in [-0.1, -0.05) is 66.7 Å². The summed E-state index contributed by atoms with van der Waals surface area (Å²) in [5, 5.41) is 11.6. The van der Waals surface area contributed by atoms with Crippen molar-refractivity contribution in [3.63, 3.8) is 0 Å². The molecule has 4 rings (SSSR count). The van der Waals surface area contributed by atoms with Gasteiger partial charge in [0, 0.05) is 31.7 Å². The van der Waals surface area contributed by atoms with Crippen molar-refractivity contribution in [3.8, 4) is 0 Å². The molecule has 0 bridgehead atoms. The molecular weight excluding hydrogens is 400 g/mol. The Hall–Kier alpha value is -3.02. The number of ether oxygens (including phenoxy) is 1. The molecule has 1 aliphatic rings. The molecule has 0 unspecified atom stereocenters. The van der Waals surface area contributed by atoms with Crippen LogP contribution >= 0.6 is 0 Å². The Labute approximate surface area is 189 Å². The lowest BCUT2D eigenvalue weighted by atomic mass is 9.86. The van der Waals surface area contributed by atoms with Crippen LogP contribution in [0.4, 0.5) is 0 Å². The second kappa shape index (κ2) is 9.63. The van der Waals surface area contributed by atoms with E-state index in [9.17, 15) is 9.90 Å². The number of likely N-dealkylation sites (tertiary alicyclic amines) is 1. The highest BCUT2D eigenvalue weighted by molar-refractivity contribution is 5.85. The second-order valence-electron chi connectivity index (χ2n) is 8.95. The number of likely N-dealkylation sites (N-methyl/N-ethyl adjacent to an activating group) is 1. The fourth-order valence-corrected chi connectivity index (χ4v) is 4.45. The molecule has 5 nitrogen and oxygen atoms in total. The number of aromatic nitrogens is 1. The number of piperidine rings is 1. The molecule has 166 valence electrons. The van der Waals surface area contributed by atoms with Crippen LogP contribution < -0.4 is 0 Å². The van der Waals surface area contributed by atoms with Gasteiger partial charge in [-0.3, -0.25) is 4.98 Å². The smallest absolute Gasteiger partial charge is 0.347 e. The van der Waals surface area contributed by atoms with Crippen molar-refractivity contribution in [3.05, 3.63) is 102 Å². The average molecular weight is 432 g/mol. The van der Waals surface area contributed by atoms with E-state index in [1.165, 1.54) is 5.56 Å². The van der Waals surface area contributed by atoms with Gasteiger partial charge in [0.2, 0.25) is 5.60 Å². The number of aliphatic hydroxyl groups is 1. The third-order valence-electron chi connectivity index (χ3n) is 6.60. The van der Waals surface area contributed by atoms with E-state index in [4.69, 9.17) is 4.74 Å². The maximum atomic E-state index is 13.3. The van der Waals surface area contributed by atoms with Gasteiger partial charge in [-0.25, -0.2) is 4.79 Å². The van der Waals surface area contributed by atoms with Crippen LogP contribution in [0.3, 0.4) is 0 Å². The van der Waals surface area contributed by atoms with Gasteiger partial charge in [0.05, 0.1) is 26.7 Å². The normalized spacial score (nSPS) is 21.1. The van der Waals surface area contributed by atoms with Crippen molar-refractivity contribution in [2.45, 2.75) is 31.0 Å². The van der Waals surface area contributed by atoms with Crippen LogP contribution in [-0.2, 0) is 21.6 Å². The van der Waals surface area contributed by atoms with Crippen LogP contribution in [0.5, 0.6) is 0 Å². The van der Waals surface area contributed by atoms with Crippen LogP contribution in [0.25, 0.3) is 0 Å². The molecule has 32 heavy (non-hydrogen) atoms. The van der Waals surface area contributed by atoms with Gasteiger partial charge in [-0.15, -0.1) is 0 Å². The highest BCUT2D eigenvalue weighted by Gasteiger charge is 2.43. The predicted molar refractivity (Wildman–Crippen MR) is 124 cm³/mol. The Morgan fingerprint density at radius 3 is 2.12 bits per heavy atom. The lowest BCUT2D eigenvalue weighted by Gasteiger charge is -2.41. The summed E-state index contributed by atoms with van der Waals surface area (Å²) < 4.78 is 6.86. The Balaban J connectivity index is 1.42. The summed E-state index contributed by atoms with van der Waals surface area (Å²) in [5.74, 6) is -0.605. The SMILES string of the molecule is C[N+]1(CCc2cccnc2)CCC(OC(=O)C(O)(c2ccccc2)c2ccccc2)CC1. The number of quaternary nitrogens is 1. The summed E-state index contributed by atoms with van der Waals surface area (Å²) in [7, 11) is 2.26. The lowest BCUT2D eigenvalue weighted by Crippen LogP contribution is -2.53. The Morgan fingerprint density at radius 2 is 1.59 bits per heavy atom. The average Bonchev–Trinajstić information content (AvgIpc) is 2.85. The van der Waals surface area contributed by atoms with E-state index in [0.29, 0.717) is 11.1 Å². The number of carbonyl (C=O) groups is 1. The molecule has 0 saturated carbocycles. The third-order valence-corrected chi connectivity index (χ3v) is 6.60. The highest BCUT2D eigenvalue weighted by atomic mass is 16.6. The van der Waals surface area contributed by atoms with Gasteiger partial charge >= 0.3 is 5.97 Å². The van der Waals surface area contributed by atoms with Crippen molar-refractivity contribution in [2.24, 2.45) is 0 Å². The molecule has 3 aromatic rings. The van der Waals surface area contributed by atoms with Crippen LogP contribution in [-0.4, -0.2) is 53.3 Å². The van der Waals surface area contributed by atoms with Gasteiger partial charge in [-0.2, -0.15) is 0 Å². The first-order valence-electron chi connectivity index (χ1n) is 11.3. The van der Waals surface area contributed by atoms with E-state index in [1.54, 1.807) is 30.5 Å². The van der Waals surface area contributed by atoms with Crippen LogP contribution in [0.2, 0.25) is 0 Å². The molecule has 0 amide bonds. The van der Waals surface area contributed by atoms with Crippen molar-refractivity contribution >= 4 is 5.97 Å². The molecule has 1 aliphatic heterocycles. The second-order valence-corrected chi connectivity index (χ2v) is 8.95. The molecule has 2 aromatic carbocycles. The fourth-order valence-electron chi connectivity index (χ4n) is 4.45. The first-order chi connectivity index (χ1) is 15.5. The minimum Gasteiger partial charge on any atom is -0.459 e. The summed E-state index contributed by atoms with van der Waals surface area (Å²) in [5.41, 5.74) is 0.461. The number of pyridine rings is 1. The van der Waals surface area contributed by atoms with Crippen molar-refractivity contribution in [2.75, 3.05) is 26.7 Å². The van der Waals surface area contributed by atoms with Crippen molar-refractivity contribution in [1.82, 2.24) is 4.98 Å². The van der Waals surface area contributed by atoms with E-state index >= 15 is 0 Å². The molecule has 1 N–H and O–H groups in total. The number of esters is 1. The monoisotopic (exact) mass is 431 g/mol. The summed E-state index contributed by atoms with van der Waals surface area (Å²) in [6.45, 7) is 2.91. The summed E-state index contributed by atoms with van der Waals surface area (Å²) >= 11 is 0. The van der Waals surface area contributed by atoms with Gasteiger partial charge in [0.15, 0.2) is 0 Å². The van der Waals surface area contributed by atoms with Gasteiger partial charge in [0.1, 0.15) is 6.10 Å². The first-order valence-corrected chi connectivity index (χ1v) is 11.3. The van der Waals surface area contributed by atoms with E-state index < -0.39 is 11.6 Å². The quantitative estimate of drug-likeness (QED) is 0.458. The minimum absolute atomic E-state index is 0.189. The van der Waals surface area contributed by atoms with E-state index in [0.717, 1.165) is 43.4 Å². The van der Waals surface area contributed by atoms with Crippen LogP contribution in [0.15, 0.2) is 85.2 Å². The summed E-state index contributed by atoms with van der Waals surface area (Å²) in [6.07, 6.45) is 6.09. The topological polar surface area (TPSA) is 59.4 Å². The first kappa shape index (κ1) is 22.2. The molecule has 5 heteroatoms. The van der Waals surface area contributed by atoms with Crippen molar-refractivity contribution in [1.29, 1.82) is 0 Å². The largest absolute Gasteiger partial charge is 0.459 e. The zero-order valence-corrected chi connectivity index (χ0v) is 18.6. The molecule has 0 radical (unpaired) electrons. The third kappa shape index (κ3) is 4.90. The van der Waals surface area contributed by atoms with Crippen LogP contribution in [0, 0.1) is 0 Å². The minimum atomic E-state index is -1.82.